The number of carboxylic acids is 1. The third-order valence-electron chi connectivity index (χ3n) is 2.83. The van der Waals surface area contributed by atoms with Gasteiger partial charge in [0.25, 0.3) is 0 Å². The highest BCUT2D eigenvalue weighted by Gasteiger charge is 2.29. The second kappa shape index (κ2) is 5.54. The van der Waals surface area contributed by atoms with E-state index in [0.717, 1.165) is 11.3 Å². The smallest absolute Gasteiger partial charge is 0.334 e. The lowest BCUT2D eigenvalue weighted by Gasteiger charge is -2.26. The average molecular weight is 279 g/mol. The number of carbonyl (C=O) groups is 1. The van der Waals surface area contributed by atoms with Gasteiger partial charge in [-0.2, -0.15) is 12.6 Å². The average Bonchev–Trinajstić information content (AvgIpc) is 2.39. The molecule has 18 heavy (non-hydrogen) atoms. The van der Waals surface area contributed by atoms with Crippen LogP contribution in [0.3, 0.4) is 0 Å². The van der Waals surface area contributed by atoms with Gasteiger partial charge >= 0.3 is 5.97 Å². The predicted octanol–water partition coefficient (Wildman–Crippen LogP) is 2.41. The monoisotopic (exact) mass is 279 g/mol. The first-order chi connectivity index (χ1) is 8.65. The molecule has 0 amide bonds. The molecule has 0 fully saturated rings. The summed E-state index contributed by atoms with van der Waals surface area (Å²) in [7, 11) is 0. The number of allylic oxidation sites excluding steroid dienone is 1. The summed E-state index contributed by atoms with van der Waals surface area (Å²) in [4.78, 5) is 12.0. The van der Waals surface area contributed by atoms with Gasteiger partial charge in [0.2, 0.25) is 0 Å². The van der Waals surface area contributed by atoms with Gasteiger partial charge in [-0.25, -0.2) is 4.79 Å². The number of hydrogen-bond donors (Lipinski definition) is 4. The fourth-order valence-electron chi connectivity index (χ4n) is 1.94. The van der Waals surface area contributed by atoms with Gasteiger partial charge in [-0.1, -0.05) is 30.3 Å². The molecule has 5 heteroatoms. The Bertz CT molecular complexity index is 523. The highest BCUT2D eigenvalue weighted by atomic mass is 32.1. The first-order valence-corrected chi connectivity index (χ1v) is 6.50. The normalized spacial score (nSPS) is 19.2. The molecule has 1 aliphatic heterocycles. The zero-order chi connectivity index (χ0) is 13.1. The number of carboxylic acid groups (broad SMARTS) is 1. The predicted molar refractivity (Wildman–Crippen MR) is 77.9 cm³/mol. The molecule has 0 aromatic heterocycles. The van der Waals surface area contributed by atoms with E-state index < -0.39 is 5.97 Å². The minimum absolute atomic E-state index is 0.289. The Morgan fingerprint density at radius 3 is 2.56 bits per heavy atom. The molecular formula is C13H13NO2S2. The first kappa shape index (κ1) is 13.1. The van der Waals surface area contributed by atoms with E-state index in [-0.39, 0.29) is 11.5 Å². The van der Waals surface area contributed by atoms with Crippen LogP contribution in [0.15, 0.2) is 52.7 Å². The maximum absolute atomic E-state index is 11.3. The molecule has 1 aromatic carbocycles. The SMILES string of the molecule is O=C(O)C1=CNC(CS)=C(S)C1c1ccccc1. The summed E-state index contributed by atoms with van der Waals surface area (Å²) in [6.07, 6.45) is 1.52. The van der Waals surface area contributed by atoms with Crippen molar-refractivity contribution in [3.63, 3.8) is 0 Å². The molecule has 3 nitrogen and oxygen atoms in total. The second-order valence-corrected chi connectivity index (χ2v) is 4.71. The number of nitrogens with one attached hydrogen (secondary N) is 1. The van der Waals surface area contributed by atoms with Crippen LogP contribution in [0.2, 0.25) is 0 Å². The maximum atomic E-state index is 11.3. The van der Waals surface area contributed by atoms with E-state index in [1.54, 1.807) is 0 Å². The van der Waals surface area contributed by atoms with Gasteiger partial charge in [0.05, 0.1) is 11.5 Å². The zero-order valence-corrected chi connectivity index (χ0v) is 11.3. The number of benzene rings is 1. The number of rotatable bonds is 3. The fraction of sp³-hybridized carbons (Fsp3) is 0.154. The maximum Gasteiger partial charge on any atom is 0.334 e. The third kappa shape index (κ3) is 2.42. The Morgan fingerprint density at radius 2 is 2.00 bits per heavy atom. The molecular weight excluding hydrogens is 266 g/mol. The topological polar surface area (TPSA) is 49.3 Å². The lowest BCUT2D eigenvalue weighted by atomic mass is 9.88. The molecule has 2 rings (SSSR count). The molecule has 1 heterocycles. The molecule has 0 spiro atoms. The van der Waals surface area contributed by atoms with Crippen molar-refractivity contribution >= 4 is 31.2 Å². The van der Waals surface area contributed by atoms with Gasteiger partial charge in [0, 0.05) is 22.6 Å². The van der Waals surface area contributed by atoms with Crippen LogP contribution in [0.1, 0.15) is 11.5 Å². The van der Waals surface area contributed by atoms with Crippen molar-refractivity contribution in [2.45, 2.75) is 5.92 Å². The van der Waals surface area contributed by atoms with Crippen LogP contribution in [-0.2, 0) is 4.79 Å². The van der Waals surface area contributed by atoms with Gasteiger partial charge in [-0.3, -0.25) is 0 Å². The first-order valence-electron chi connectivity index (χ1n) is 5.43. The number of hydrogen-bond acceptors (Lipinski definition) is 4. The van der Waals surface area contributed by atoms with Crippen molar-refractivity contribution in [3.05, 3.63) is 58.3 Å². The van der Waals surface area contributed by atoms with Gasteiger partial charge in [0.1, 0.15) is 0 Å². The summed E-state index contributed by atoms with van der Waals surface area (Å²) >= 11 is 8.67. The van der Waals surface area contributed by atoms with Crippen molar-refractivity contribution in [2.75, 3.05) is 5.75 Å². The second-order valence-electron chi connectivity index (χ2n) is 3.91. The van der Waals surface area contributed by atoms with E-state index in [4.69, 9.17) is 0 Å². The zero-order valence-electron chi connectivity index (χ0n) is 9.50. The van der Waals surface area contributed by atoms with E-state index >= 15 is 0 Å². The van der Waals surface area contributed by atoms with E-state index in [1.807, 2.05) is 30.3 Å². The summed E-state index contributed by atoms with van der Waals surface area (Å²) < 4.78 is 0. The van der Waals surface area contributed by atoms with Crippen LogP contribution in [-0.4, -0.2) is 16.8 Å². The summed E-state index contributed by atoms with van der Waals surface area (Å²) in [6.45, 7) is 0. The molecule has 0 bridgehead atoms. The number of dihydropyridines is 1. The molecule has 0 saturated carbocycles. The molecule has 1 aromatic rings. The number of aliphatic carboxylic acids is 1. The summed E-state index contributed by atoms with van der Waals surface area (Å²) in [6, 6.07) is 9.48. The van der Waals surface area contributed by atoms with E-state index in [0.29, 0.717) is 10.7 Å². The number of thiol groups is 2. The van der Waals surface area contributed by atoms with Crippen LogP contribution >= 0.6 is 25.3 Å². The standard InChI is InChI=1S/C13H13NO2S2/c15-13(16)9-6-14-10(7-17)12(18)11(9)8-4-2-1-3-5-8/h1-6,11,14,17-18H,7H2,(H,15,16). The fourth-order valence-corrected chi connectivity index (χ4v) is 2.76. The van der Waals surface area contributed by atoms with Gasteiger partial charge < -0.3 is 10.4 Å². The molecule has 1 aliphatic rings. The molecule has 1 unspecified atom stereocenters. The summed E-state index contributed by atoms with van der Waals surface area (Å²) in [5, 5.41) is 12.2. The van der Waals surface area contributed by atoms with Crippen LogP contribution in [0, 0.1) is 0 Å². The highest BCUT2D eigenvalue weighted by Crippen LogP contribution is 2.37. The van der Waals surface area contributed by atoms with Crippen LogP contribution in [0.5, 0.6) is 0 Å². The summed E-state index contributed by atoms with van der Waals surface area (Å²) in [5.74, 6) is -0.789. The largest absolute Gasteiger partial charge is 0.478 e. The Kier molecular flexibility index (Phi) is 4.04. The van der Waals surface area contributed by atoms with Crippen molar-refractivity contribution in [1.82, 2.24) is 5.32 Å². The van der Waals surface area contributed by atoms with E-state index in [1.165, 1.54) is 6.20 Å². The molecule has 0 radical (unpaired) electrons. The van der Waals surface area contributed by atoms with Crippen LogP contribution < -0.4 is 5.32 Å². The van der Waals surface area contributed by atoms with Crippen molar-refractivity contribution in [1.29, 1.82) is 0 Å². The van der Waals surface area contributed by atoms with Crippen LogP contribution in [0.4, 0.5) is 0 Å². The van der Waals surface area contributed by atoms with E-state index in [2.05, 4.69) is 30.6 Å². The van der Waals surface area contributed by atoms with E-state index in [9.17, 15) is 9.90 Å². The lowest BCUT2D eigenvalue weighted by molar-refractivity contribution is -0.132. The lowest BCUT2D eigenvalue weighted by Crippen LogP contribution is -2.24. The van der Waals surface area contributed by atoms with Gasteiger partial charge in [-0.05, 0) is 5.56 Å². The Hall–Kier alpha value is -1.33. The van der Waals surface area contributed by atoms with Crippen molar-refractivity contribution in [3.8, 4) is 0 Å². The van der Waals surface area contributed by atoms with Gasteiger partial charge in [0.15, 0.2) is 0 Å². The van der Waals surface area contributed by atoms with Gasteiger partial charge in [-0.15, -0.1) is 12.6 Å². The quantitative estimate of drug-likeness (QED) is 0.643. The van der Waals surface area contributed by atoms with Crippen LogP contribution in [0.25, 0.3) is 0 Å². The Morgan fingerprint density at radius 1 is 1.33 bits per heavy atom. The van der Waals surface area contributed by atoms with Crippen molar-refractivity contribution < 1.29 is 9.90 Å². The molecule has 1 atom stereocenters. The molecule has 0 aliphatic carbocycles. The minimum atomic E-state index is -0.943. The highest BCUT2D eigenvalue weighted by molar-refractivity contribution is 7.84. The molecule has 94 valence electrons. The molecule has 0 saturated heterocycles. The third-order valence-corrected chi connectivity index (χ3v) is 3.68. The minimum Gasteiger partial charge on any atom is -0.478 e. The van der Waals surface area contributed by atoms with Crippen molar-refractivity contribution in [2.24, 2.45) is 0 Å². The Labute approximate surface area is 116 Å². The molecule has 2 N–H and O–H groups in total. The summed E-state index contributed by atoms with van der Waals surface area (Å²) in [5.41, 5.74) is 2.04. The Balaban J connectivity index is 2.49.